The summed E-state index contributed by atoms with van der Waals surface area (Å²) >= 11 is 0. The number of piperazine rings is 1. The van der Waals surface area contributed by atoms with E-state index in [2.05, 4.69) is 24.0 Å². The fraction of sp³-hybridized carbons (Fsp3) is 0.516. The van der Waals surface area contributed by atoms with Crippen LogP contribution in [0.4, 0.5) is 10.5 Å². The summed E-state index contributed by atoms with van der Waals surface area (Å²) in [7, 11) is 3.23. The Labute approximate surface area is 236 Å². The molecule has 2 aromatic rings. The van der Waals surface area contributed by atoms with Crippen LogP contribution >= 0.6 is 0 Å². The van der Waals surface area contributed by atoms with Gasteiger partial charge in [-0.15, -0.1) is 0 Å². The number of benzene rings is 2. The monoisotopic (exact) mass is 551 g/mol. The van der Waals surface area contributed by atoms with Gasteiger partial charge in [-0.2, -0.15) is 0 Å². The summed E-state index contributed by atoms with van der Waals surface area (Å²) in [4.78, 5) is 41.8. The number of anilines is 1. The van der Waals surface area contributed by atoms with Crippen molar-refractivity contribution in [1.29, 1.82) is 0 Å². The summed E-state index contributed by atoms with van der Waals surface area (Å²) in [5, 5.41) is 9.32. The molecule has 2 amide bonds. The molecule has 0 aromatic heterocycles. The van der Waals surface area contributed by atoms with E-state index in [4.69, 9.17) is 9.47 Å². The van der Waals surface area contributed by atoms with E-state index in [1.54, 1.807) is 4.90 Å². The Morgan fingerprint density at radius 3 is 2.45 bits per heavy atom. The third-order valence-electron chi connectivity index (χ3n) is 8.20. The van der Waals surface area contributed by atoms with Crippen molar-refractivity contribution in [2.45, 2.75) is 64.6 Å². The molecule has 9 nitrogen and oxygen atoms in total. The molecule has 2 fully saturated rings. The Kier molecular flexibility index (Phi) is 9.68. The van der Waals surface area contributed by atoms with Gasteiger partial charge in [0.25, 0.3) is 0 Å². The smallest absolute Gasteiger partial charge is 0.407 e. The topological polar surface area (TPSA) is 99.6 Å². The van der Waals surface area contributed by atoms with E-state index in [-0.39, 0.29) is 36.4 Å². The molecule has 1 aliphatic heterocycles. The number of hydrogen-bond acceptors (Lipinski definition) is 6. The van der Waals surface area contributed by atoms with Gasteiger partial charge < -0.3 is 24.4 Å². The summed E-state index contributed by atoms with van der Waals surface area (Å²) in [5.41, 5.74) is 4.05. The van der Waals surface area contributed by atoms with Crippen LogP contribution in [0.15, 0.2) is 42.5 Å². The maximum absolute atomic E-state index is 13.4. The first-order valence-corrected chi connectivity index (χ1v) is 14.1. The number of nitrogens with zero attached hydrogens (tertiary/aromatic N) is 3. The van der Waals surface area contributed by atoms with E-state index in [1.807, 2.05) is 44.3 Å². The van der Waals surface area contributed by atoms with Gasteiger partial charge in [0.2, 0.25) is 5.91 Å². The molecule has 1 aliphatic carbocycles. The van der Waals surface area contributed by atoms with Gasteiger partial charge in [-0.3, -0.25) is 14.5 Å². The Morgan fingerprint density at radius 1 is 1.05 bits per heavy atom. The van der Waals surface area contributed by atoms with Crippen LogP contribution in [0, 0.1) is 12.8 Å². The molecule has 0 bridgehead atoms. The molecular weight excluding hydrogens is 510 g/mol. The van der Waals surface area contributed by atoms with Crippen LogP contribution in [-0.2, 0) is 27.3 Å². The zero-order chi connectivity index (χ0) is 28.8. The first kappa shape index (κ1) is 29.4. The van der Waals surface area contributed by atoms with Crippen LogP contribution in [0.1, 0.15) is 49.3 Å². The normalized spacial score (nSPS) is 21.5. The molecule has 40 heavy (non-hydrogen) atoms. The lowest BCUT2D eigenvalue weighted by atomic mass is 9.86. The Morgan fingerprint density at radius 2 is 1.80 bits per heavy atom. The van der Waals surface area contributed by atoms with Crippen molar-refractivity contribution in [2.75, 3.05) is 38.7 Å². The highest BCUT2D eigenvalue weighted by atomic mass is 16.5. The molecule has 1 saturated heterocycles. The van der Waals surface area contributed by atoms with E-state index in [0.29, 0.717) is 19.6 Å². The fourth-order valence-electron chi connectivity index (χ4n) is 5.76. The Balaban J connectivity index is 1.28. The van der Waals surface area contributed by atoms with Crippen LogP contribution in [0.25, 0.3) is 0 Å². The second kappa shape index (κ2) is 13.2. The predicted octanol–water partition coefficient (Wildman–Crippen LogP) is 4.50. The second-order valence-corrected chi connectivity index (χ2v) is 11.1. The second-order valence-electron chi connectivity index (χ2n) is 11.1. The third kappa shape index (κ3) is 7.33. The van der Waals surface area contributed by atoms with Crippen molar-refractivity contribution in [2.24, 2.45) is 5.92 Å². The van der Waals surface area contributed by atoms with Gasteiger partial charge in [-0.1, -0.05) is 18.2 Å². The summed E-state index contributed by atoms with van der Waals surface area (Å²) in [6.45, 7) is 6.70. The van der Waals surface area contributed by atoms with E-state index in [9.17, 15) is 19.5 Å². The summed E-state index contributed by atoms with van der Waals surface area (Å²) in [5.74, 6) is 0.546. The third-order valence-corrected chi connectivity index (χ3v) is 8.20. The van der Waals surface area contributed by atoms with Crippen molar-refractivity contribution in [3.8, 4) is 5.75 Å². The molecule has 0 spiro atoms. The molecule has 2 aliphatic rings. The quantitative estimate of drug-likeness (QED) is 0.483. The van der Waals surface area contributed by atoms with Crippen LogP contribution in [0.5, 0.6) is 5.75 Å². The molecule has 1 N–H and O–H groups in total. The highest BCUT2D eigenvalue weighted by Gasteiger charge is 2.30. The average molecular weight is 552 g/mol. The van der Waals surface area contributed by atoms with Gasteiger partial charge in [0, 0.05) is 50.9 Å². The van der Waals surface area contributed by atoms with Crippen molar-refractivity contribution in [1.82, 2.24) is 9.80 Å². The molecule has 2 aromatic carbocycles. The number of carboxylic acid groups (broad SMARTS) is 1. The largest absolute Gasteiger partial charge is 0.490 e. The molecule has 4 rings (SSSR count). The maximum atomic E-state index is 13.4. The minimum Gasteiger partial charge on any atom is -0.490 e. The van der Waals surface area contributed by atoms with Crippen molar-refractivity contribution < 1.29 is 29.0 Å². The molecule has 0 unspecified atom stereocenters. The van der Waals surface area contributed by atoms with Crippen LogP contribution in [0.3, 0.4) is 0 Å². The molecular formula is C31H41N3O6. The maximum Gasteiger partial charge on any atom is 0.407 e. The Bertz CT molecular complexity index is 1210. The van der Waals surface area contributed by atoms with Crippen LogP contribution < -0.4 is 9.64 Å². The lowest BCUT2D eigenvalue weighted by molar-refractivity contribution is -0.139. The highest BCUT2D eigenvalue weighted by molar-refractivity contribution is 5.94. The standard InChI is InChI=1S/C31H41N3O6/c1-21-16-26(11-8-25(21)20-33-14-15-34(31(37)38)22(2)19-33)32(3)30(36)24-9-12-27(13-10-24)40-28-7-5-6-23(17-28)18-29(35)39-4/h5-8,11,16-17,22,24,27H,9-10,12-15,18-20H2,1-4H3,(H,37,38)/t22-,24?,27?/m0/s1. The summed E-state index contributed by atoms with van der Waals surface area (Å²) in [6, 6.07) is 13.7. The van der Waals surface area contributed by atoms with E-state index in [1.165, 1.54) is 17.6 Å². The number of rotatable bonds is 8. The molecule has 0 radical (unpaired) electrons. The fourth-order valence-corrected chi connectivity index (χ4v) is 5.76. The van der Waals surface area contributed by atoms with Gasteiger partial charge in [-0.25, -0.2) is 4.79 Å². The average Bonchev–Trinajstić information content (AvgIpc) is 2.93. The Hall–Kier alpha value is -3.59. The van der Waals surface area contributed by atoms with Gasteiger partial charge in [0.1, 0.15) is 5.75 Å². The molecule has 1 atom stereocenters. The number of carbonyl (C=O) groups is 3. The van der Waals surface area contributed by atoms with Crippen molar-refractivity contribution in [3.63, 3.8) is 0 Å². The minimum atomic E-state index is -0.858. The van der Waals surface area contributed by atoms with E-state index >= 15 is 0 Å². The number of esters is 1. The summed E-state index contributed by atoms with van der Waals surface area (Å²) in [6.07, 6.45) is 2.55. The zero-order valence-electron chi connectivity index (χ0n) is 24.0. The SMILES string of the molecule is COC(=O)Cc1cccc(OC2CCC(C(=O)N(C)c3ccc(CN4CCN(C(=O)O)[C@@H](C)C4)c(C)c3)CC2)c1. The number of methoxy groups -OCH3 is 1. The first-order valence-electron chi connectivity index (χ1n) is 14.1. The zero-order valence-corrected chi connectivity index (χ0v) is 24.0. The van der Waals surface area contributed by atoms with Crippen molar-refractivity contribution >= 4 is 23.7 Å². The highest BCUT2D eigenvalue weighted by Crippen LogP contribution is 2.31. The van der Waals surface area contributed by atoms with E-state index in [0.717, 1.165) is 54.8 Å². The first-order chi connectivity index (χ1) is 19.1. The minimum absolute atomic E-state index is 0.0354. The van der Waals surface area contributed by atoms with Gasteiger partial charge in [0.15, 0.2) is 0 Å². The van der Waals surface area contributed by atoms with Crippen molar-refractivity contribution in [3.05, 3.63) is 59.2 Å². The lowest BCUT2D eigenvalue weighted by Crippen LogP contribution is -2.53. The number of amides is 2. The predicted molar refractivity (Wildman–Crippen MR) is 153 cm³/mol. The molecule has 9 heteroatoms. The summed E-state index contributed by atoms with van der Waals surface area (Å²) < 4.78 is 10.9. The molecule has 216 valence electrons. The van der Waals surface area contributed by atoms with Gasteiger partial charge in [-0.05, 0) is 80.5 Å². The number of hydrogen-bond donors (Lipinski definition) is 1. The van der Waals surface area contributed by atoms with Gasteiger partial charge in [0.05, 0.1) is 19.6 Å². The number of aryl methyl sites for hydroxylation is 1. The molecule has 1 heterocycles. The van der Waals surface area contributed by atoms with Gasteiger partial charge >= 0.3 is 12.1 Å². The lowest BCUT2D eigenvalue weighted by Gasteiger charge is -2.38. The number of ether oxygens (including phenoxy) is 2. The van der Waals surface area contributed by atoms with Crippen LogP contribution in [0.2, 0.25) is 0 Å². The molecule has 1 saturated carbocycles. The number of carbonyl (C=O) groups excluding carboxylic acids is 2. The van der Waals surface area contributed by atoms with Crippen LogP contribution in [-0.4, -0.2) is 78.8 Å². The van der Waals surface area contributed by atoms with E-state index < -0.39 is 6.09 Å².